The molecule has 2 unspecified atom stereocenters. The van der Waals surface area contributed by atoms with E-state index in [0.717, 1.165) is 18.7 Å². The Morgan fingerprint density at radius 3 is 2.50 bits per heavy atom. The molecule has 3 N–H and O–H groups in total. The van der Waals surface area contributed by atoms with Gasteiger partial charge in [-0.25, -0.2) is 0 Å². The standard InChI is InChI=1S/C16H25N3O3/c1-22-12-14(17)16(21)19-9-7-18(8-10-19)11-15(20)13-5-3-2-4-6-13/h2-6,14-15,20H,7-12,17H2,1H3. The Kier molecular flexibility index (Phi) is 6.33. The van der Waals surface area contributed by atoms with E-state index in [0.29, 0.717) is 19.6 Å². The van der Waals surface area contributed by atoms with Crippen LogP contribution in [0.1, 0.15) is 11.7 Å². The maximum absolute atomic E-state index is 12.1. The lowest BCUT2D eigenvalue weighted by atomic mass is 10.1. The van der Waals surface area contributed by atoms with Crippen LogP contribution in [0, 0.1) is 0 Å². The molecule has 1 amide bonds. The monoisotopic (exact) mass is 307 g/mol. The molecule has 1 heterocycles. The number of benzene rings is 1. The molecule has 1 fully saturated rings. The topological polar surface area (TPSA) is 79.0 Å². The predicted octanol–water partition coefficient (Wildman–Crippen LogP) is -0.162. The number of hydrogen-bond donors (Lipinski definition) is 2. The van der Waals surface area contributed by atoms with Crippen molar-refractivity contribution in [3.8, 4) is 0 Å². The summed E-state index contributed by atoms with van der Waals surface area (Å²) in [6, 6.07) is 9.04. The summed E-state index contributed by atoms with van der Waals surface area (Å²) in [6.45, 7) is 3.59. The molecule has 0 saturated carbocycles. The first-order valence-corrected chi connectivity index (χ1v) is 7.60. The molecule has 0 spiro atoms. The lowest BCUT2D eigenvalue weighted by molar-refractivity contribution is -0.135. The average molecular weight is 307 g/mol. The number of ether oxygens (including phenoxy) is 1. The van der Waals surface area contributed by atoms with Crippen LogP contribution in [0.5, 0.6) is 0 Å². The third-order valence-corrected chi connectivity index (χ3v) is 3.96. The Morgan fingerprint density at radius 1 is 1.27 bits per heavy atom. The quantitative estimate of drug-likeness (QED) is 0.763. The van der Waals surface area contributed by atoms with Crippen LogP contribution in [0.3, 0.4) is 0 Å². The highest BCUT2D eigenvalue weighted by atomic mass is 16.5. The molecule has 22 heavy (non-hydrogen) atoms. The molecule has 0 bridgehead atoms. The fourth-order valence-electron chi connectivity index (χ4n) is 2.66. The second kappa shape index (κ2) is 8.24. The summed E-state index contributed by atoms with van der Waals surface area (Å²) < 4.78 is 4.92. The van der Waals surface area contributed by atoms with Crippen LogP contribution in [0.15, 0.2) is 30.3 Å². The van der Waals surface area contributed by atoms with Gasteiger partial charge in [0.2, 0.25) is 5.91 Å². The van der Waals surface area contributed by atoms with E-state index < -0.39 is 12.1 Å². The zero-order valence-corrected chi connectivity index (χ0v) is 13.0. The number of piperazine rings is 1. The number of aliphatic hydroxyl groups excluding tert-OH is 1. The van der Waals surface area contributed by atoms with Crippen LogP contribution < -0.4 is 5.73 Å². The molecule has 122 valence electrons. The highest BCUT2D eigenvalue weighted by molar-refractivity contribution is 5.81. The van der Waals surface area contributed by atoms with E-state index in [2.05, 4.69) is 4.90 Å². The lowest BCUT2D eigenvalue weighted by Gasteiger charge is -2.36. The third-order valence-electron chi connectivity index (χ3n) is 3.96. The van der Waals surface area contributed by atoms with Crippen molar-refractivity contribution in [2.75, 3.05) is 46.4 Å². The van der Waals surface area contributed by atoms with Crippen molar-refractivity contribution in [3.05, 3.63) is 35.9 Å². The van der Waals surface area contributed by atoms with Gasteiger partial charge < -0.3 is 20.5 Å². The minimum absolute atomic E-state index is 0.0647. The number of rotatable bonds is 6. The molecular formula is C16H25N3O3. The Bertz CT molecular complexity index is 461. The molecule has 0 aliphatic carbocycles. The van der Waals surface area contributed by atoms with E-state index in [-0.39, 0.29) is 12.5 Å². The van der Waals surface area contributed by atoms with Crippen molar-refractivity contribution in [2.24, 2.45) is 5.73 Å². The smallest absolute Gasteiger partial charge is 0.241 e. The normalized spacial score (nSPS) is 19.0. The van der Waals surface area contributed by atoms with E-state index in [9.17, 15) is 9.90 Å². The highest BCUT2D eigenvalue weighted by Crippen LogP contribution is 2.15. The summed E-state index contributed by atoms with van der Waals surface area (Å²) in [5, 5.41) is 10.2. The van der Waals surface area contributed by atoms with Gasteiger partial charge in [0.05, 0.1) is 12.7 Å². The molecule has 2 atom stereocenters. The van der Waals surface area contributed by atoms with Gasteiger partial charge in [0.25, 0.3) is 0 Å². The number of carbonyl (C=O) groups is 1. The van der Waals surface area contributed by atoms with Crippen molar-refractivity contribution in [1.29, 1.82) is 0 Å². The molecule has 1 aliphatic rings. The highest BCUT2D eigenvalue weighted by Gasteiger charge is 2.26. The number of amides is 1. The summed E-state index contributed by atoms with van der Waals surface area (Å²) in [5.74, 6) is -0.0647. The number of hydrogen-bond acceptors (Lipinski definition) is 5. The molecular weight excluding hydrogens is 282 g/mol. The summed E-state index contributed by atoms with van der Waals surface area (Å²) in [7, 11) is 1.54. The minimum Gasteiger partial charge on any atom is -0.387 e. The molecule has 1 saturated heterocycles. The van der Waals surface area contributed by atoms with Crippen LogP contribution in [-0.2, 0) is 9.53 Å². The molecule has 1 aliphatic heterocycles. The summed E-state index contributed by atoms with van der Waals surface area (Å²) in [6.07, 6.45) is -0.501. The maximum atomic E-state index is 12.1. The number of β-amino-alcohol motifs (C(OH)–C–C–N with tert-alkyl or cyclic N) is 1. The van der Waals surface area contributed by atoms with Crippen LogP contribution in [0.2, 0.25) is 0 Å². The van der Waals surface area contributed by atoms with Crippen molar-refractivity contribution >= 4 is 5.91 Å². The van der Waals surface area contributed by atoms with Crippen molar-refractivity contribution in [3.63, 3.8) is 0 Å². The van der Waals surface area contributed by atoms with E-state index >= 15 is 0 Å². The zero-order valence-electron chi connectivity index (χ0n) is 13.0. The van der Waals surface area contributed by atoms with Crippen molar-refractivity contribution < 1.29 is 14.6 Å². The van der Waals surface area contributed by atoms with Gasteiger partial charge in [0.15, 0.2) is 0 Å². The Morgan fingerprint density at radius 2 is 1.91 bits per heavy atom. The van der Waals surface area contributed by atoms with Crippen molar-refractivity contribution in [2.45, 2.75) is 12.1 Å². The van der Waals surface area contributed by atoms with Crippen molar-refractivity contribution in [1.82, 2.24) is 9.80 Å². The molecule has 1 aromatic rings. The molecule has 0 aromatic heterocycles. The first kappa shape index (κ1) is 16.9. The average Bonchev–Trinajstić information content (AvgIpc) is 2.56. The number of nitrogens with zero attached hydrogens (tertiary/aromatic N) is 2. The maximum Gasteiger partial charge on any atom is 0.241 e. The van der Waals surface area contributed by atoms with Gasteiger partial charge >= 0.3 is 0 Å². The fraction of sp³-hybridized carbons (Fsp3) is 0.562. The van der Waals surface area contributed by atoms with E-state index in [1.807, 2.05) is 30.3 Å². The van der Waals surface area contributed by atoms with Gasteiger partial charge in [-0.2, -0.15) is 0 Å². The van der Waals surface area contributed by atoms with Gasteiger partial charge in [-0.05, 0) is 5.56 Å². The van der Waals surface area contributed by atoms with E-state index in [1.54, 1.807) is 4.90 Å². The van der Waals surface area contributed by atoms with E-state index in [1.165, 1.54) is 7.11 Å². The molecule has 6 heteroatoms. The first-order valence-electron chi connectivity index (χ1n) is 7.60. The second-order valence-electron chi connectivity index (χ2n) is 5.61. The Balaban J connectivity index is 1.79. The fourth-order valence-corrected chi connectivity index (χ4v) is 2.66. The number of carbonyl (C=O) groups excluding carboxylic acids is 1. The Hall–Kier alpha value is -1.47. The van der Waals surface area contributed by atoms with E-state index in [4.69, 9.17) is 10.5 Å². The summed E-state index contributed by atoms with van der Waals surface area (Å²) in [5.41, 5.74) is 6.70. The Labute approximate surface area is 131 Å². The number of aliphatic hydroxyl groups is 1. The summed E-state index contributed by atoms with van der Waals surface area (Å²) >= 11 is 0. The minimum atomic E-state index is -0.591. The lowest BCUT2D eigenvalue weighted by Crippen LogP contribution is -2.54. The predicted molar refractivity (Wildman–Crippen MR) is 84.3 cm³/mol. The SMILES string of the molecule is COCC(N)C(=O)N1CCN(CC(O)c2ccccc2)CC1. The molecule has 0 radical (unpaired) electrons. The number of methoxy groups -OCH3 is 1. The number of nitrogens with two attached hydrogens (primary N) is 1. The first-order chi connectivity index (χ1) is 10.6. The van der Waals surface area contributed by atoms with Crippen LogP contribution in [0.25, 0.3) is 0 Å². The molecule has 6 nitrogen and oxygen atoms in total. The van der Waals surface area contributed by atoms with Gasteiger partial charge in [-0.15, -0.1) is 0 Å². The van der Waals surface area contributed by atoms with Crippen LogP contribution in [0.4, 0.5) is 0 Å². The molecule has 1 aromatic carbocycles. The van der Waals surface area contributed by atoms with Crippen LogP contribution in [-0.4, -0.2) is 73.3 Å². The largest absolute Gasteiger partial charge is 0.387 e. The van der Waals surface area contributed by atoms with Gasteiger partial charge in [-0.1, -0.05) is 30.3 Å². The zero-order chi connectivity index (χ0) is 15.9. The van der Waals surface area contributed by atoms with Crippen LogP contribution >= 0.6 is 0 Å². The summed E-state index contributed by atoms with van der Waals surface area (Å²) in [4.78, 5) is 16.0. The second-order valence-corrected chi connectivity index (χ2v) is 5.61. The van der Waals surface area contributed by atoms with Gasteiger partial charge in [-0.3, -0.25) is 9.69 Å². The van der Waals surface area contributed by atoms with Gasteiger partial charge in [0.1, 0.15) is 6.04 Å². The molecule has 2 rings (SSSR count). The van der Waals surface area contributed by atoms with Gasteiger partial charge in [0, 0.05) is 39.8 Å². The third kappa shape index (κ3) is 4.51.